The molecule has 2 aromatic carbocycles. The van der Waals surface area contributed by atoms with Crippen LogP contribution in [0.3, 0.4) is 0 Å². The molecule has 0 bridgehead atoms. The monoisotopic (exact) mass is 307 g/mol. The van der Waals surface area contributed by atoms with Gasteiger partial charge in [0.25, 0.3) is 0 Å². The number of benzene rings is 2. The van der Waals surface area contributed by atoms with E-state index in [1.807, 2.05) is 43.4 Å². The van der Waals surface area contributed by atoms with Gasteiger partial charge in [0.1, 0.15) is 5.82 Å². The summed E-state index contributed by atoms with van der Waals surface area (Å²) in [6.45, 7) is 6.08. The number of methoxy groups -OCH3 is 1. The van der Waals surface area contributed by atoms with Crippen molar-refractivity contribution in [3.05, 3.63) is 54.7 Å². The van der Waals surface area contributed by atoms with Crippen LogP contribution < -0.4 is 10.1 Å². The van der Waals surface area contributed by atoms with Crippen molar-refractivity contribution in [3.8, 4) is 17.1 Å². The lowest BCUT2D eigenvalue weighted by molar-refractivity contribution is 0.418. The van der Waals surface area contributed by atoms with E-state index in [4.69, 9.17) is 9.72 Å². The van der Waals surface area contributed by atoms with E-state index in [1.165, 1.54) is 0 Å². The number of nitrogens with zero attached hydrogens (tertiary/aromatic N) is 2. The number of anilines is 1. The predicted molar refractivity (Wildman–Crippen MR) is 95.8 cm³/mol. The average Bonchev–Trinajstić information content (AvgIpc) is 2.91. The molecule has 0 aliphatic rings. The Morgan fingerprint density at radius 2 is 2.00 bits per heavy atom. The Morgan fingerprint density at radius 3 is 2.70 bits per heavy atom. The van der Waals surface area contributed by atoms with Crippen LogP contribution in [0.2, 0.25) is 0 Å². The number of nitrogens with one attached hydrogen (secondary N) is 1. The van der Waals surface area contributed by atoms with Crippen LogP contribution in [0, 0.1) is 0 Å². The van der Waals surface area contributed by atoms with Crippen LogP contribution >= 0.6 is 0 Å². The van der Waals surface area contributed by atoms with Gasteiger partial charge >= 0.3 is 0 Å². The number of aryl methyl sites for hydroxylation is 1. The third kappa shape index (κ3) is 2.68. The first-order chi connectivity index (χ1) is 11.2. The molecular weight excluding hydrogens is 286 g/mol. The molecule has 0 radical (unpaired) electrons. The smallest absolute Gasteiger partial charge is 0.153 e. The molecule has 0 amide bonds. The highest BCUT2D eigenvalue weighted by Crippen LogP contribution is 2.37. The Kier molecular flexibility index (Phi) is 4.06. The number of allylic oxidation sites excluding steroid dienone is 1. The van der Waals surface area contributed by atoms with Gasteiger partial charge in [0, 0.05) is 12.7 Å². The summed E-state index contributed by atoms with van der Waals surface area (Å²) in [5, 5.41) is 3.32. The Labute approximate surface area is 136 Å². The minimum atomic E-state index is 0.778. The maximum Gasteiger partial charge on any atom is 0.153 e. The van der Waals surface area contributed by atoms with Gasteiger partial charge in [-0.3, -0.25) is 0 Å². The van der Waals surface area contributed by atoms with Crippen molar-refractivity contribution >= 4 is 16.7 Å². The van der Waals surface area contributed by atoms with Crippen molar-refractivity contribution in [3.63, 3.8) is 0 Å². The van der Waals surface area contributed by atoms with Gasteiger partial charge in [-0.25, -0.2) is 4.98 Å². The number of hydrogen-bond acceptors (Lipinski definition) is 3. The van der Waals surface area contributed by atoms with Crippen molar-refractivity contribution in [1.82, 2.24) is 9.55 Å². The van der Waals surface area contributed by atoms with Crippen molar-refractivity contribution in [2.45, 2.75) is 13.3 Å². The number of aromatic nitrogens is 2. The lowest BCUT2D eigenvalue weighted by Gasteiger charge is -2.15. The van der Waals surface area contributed by atoms with Crippen LogP contribution in [-0.4, -0.2) is 16.7 Å². The molecule has 0 atom stereocenters. The fourth-order valence-corrected chi connectivity index (χ4v) is 2.70. The highest BCUT2D eigenvalue weighted by molar-refractivity contribution is 5.84. The predicted octanol–water partition coefficient (Wildman–Crippen LogP) is 4.58. The summed E-state index contributed by atoms with van der Waals surface area (Å²) < 4.78 is 7.76. The Balaban J connectivity index is 2.16. The summed E-state index contributed by atoms with van der Waals surface area (Å²) in [6, 6.07) is 14.1. The highest BCUT2D eigenvalue weighted by Gasteiger charge is 2.16. The maximum absolute atomic E-state index is 5.67. The molecule has 0 aliphatic carbocycles. The summed E-state index contributed by atoms with van der Waals surface area (Å²) in [5.74, 6) is 1.66. The second-order valence-corrected chi connectivity index (χ2v) is 5.45. The van der Waals surface area contributed by atoms with Gasteiger partial charge in [-0.2, -0.15) is 0 Å². The highest BCUT2D eigenvalue weighted by atomic mass is 16.5. The van der Waals surface area contributed by atoms with Gasteiger partial charge in [-0.05, 0) is 30.7 Å². The zero-order valence-electron chi connectivity index (χ0n) is 13.8. The molecule has 118 valence electrons. The number of hydrogen-bond donors (Lipinski definition) is 1. The summed E-state index contributed by atoms with van der Waals surface area (Å²) in [5.41, 5.74) is 4.89. The second-order valence-electron chi connectivity index (χ2n) is 5.45. The largest absolute Gasteiger partial charge is 0.494 e. The van der Waals surface area contributed by atoms with Crippen molar-refractivity contribution in [1.29, 1.82) is 0 Å². The van der Waals surface area contributed by atoms with Crippen molar-refractivity contribution in [2.24, 2.45) is 7.05 Å². The summed E-state index contributed by atoms with van der Waals surface area (Å²) in [6.07, 6.45) is 0.861. The van der Waals surface area contributed by atoms with Gasteiger partial charge in [0.2, 0.25) is 0 Å². The molecule has 0 unspecified atom stereocenters. The molecule has 3 aromatic rings. The Bertz CT molecular complexity index is 864. The molecule has 0 saturated heterocycles. The average molecular weight is 307 g/mol. The van der Waals surface area contributed by atoms with Crippen LogP contribution in [-0.2, 0) is 7.05 Å². The zero-order chi connectivity index (χ0) is 16.4. The van der Waals surface area contributed by atoms with E-state index < -0.39 is 0 Å². The van der Waals surface area contributed by atoms with Gasteiger partial charge in [-0.15, -0.1) is 0 Å². The van der Waals surface area contributed by atoms with Crippen LogP contribution in [0.5, 0.6) is 5.75 Å². The molecule has 4 nitrogen and oxygen atoms in total. The molecular formula is C19H21N3O. The summed E-state index contributed by atoms with van der Waals surface area (Å²) >= 11 is 0. The van der Waals surface area contributed by atoms with E-state index >= 15 is 0 Å². The lowest BCUT2D eigenvalue weighted by Crippen LogP contribution is -2.02. The molecule has 3 rings (SSSR count). The van der Waals surface area contributed by atoms with Gasteiger partial charge < -0.3 is 14.6 Å². The number of imidazole rings is 1. The minimum Gasteiger partial charge on any atom is -0.494 e. The molecule has 0 spiro atoms. The lowest BCUT2D eigenvalue weighted by atomic mass is 10.1. The van der Waals surface area contributed by atoms with Crippen molar-refractivity contribution < 1.29 is 4.74 Å². The molecule has 1 aromatic heterocycles. The van der Waals surface area contributed by atoms with Crippen LogP contribution in [0.15, 0.2) is 54.7 Å². The van der Waals surface area contributed by atoms with Crippen LogP contribution in [0.25, 0.3) is 22.4 Å². The van der Waals surface area contributed by atoms with Gasteiger partial charge in [-0.1, -0.05) is 31.7 Å². The first-order valence-corrected chi connectivity index (χ1v) is 7.69. The molecule has 0 fully saturated rings. The Morgan fingerprint density at radius 1 is 1.22 bits per heavy atom. The fraction of sp³-hybridized carbons (Fsp3) is 0.211. The molecule has 4 heteroatoms. The van der Waals surface area contributed by atoms with E-state index in [2.05, 4.69) is 29.5 Å². The quantitative estimate of drug-likeness (QED) is 0.749. The maximum atomic E-state index is 5.67. The number of para-hydroxylation sites is 3. The second kappa shape index (κ2) is 6.16. The normalized spacial score (nSPS) is 10.7. The number of rotatable bonds is 5. The third-order valence-corrected chi connectivity index (χ3v) is 3.99. The summed E-state index contributed by atoms with van der Waals surface area (Å²) in [7, 11) is 3.70. The SMILES string of the molecule is C=C(CC)Nc1cccc(-c2nc3ccccc3n2C)c1OC. The van der Waals surface area contributed by atoms with Crippen molar-refractivity contribution in [2.75, 3.05) is 12.4 Å². The molecule has 1 heterocycles. The Hall–Kier alpha value is -2.75. The van der Waals surface area contributed by atoms with Gasteiger partial charge in [0.05, 0.1) is 29.4 Å². The van der Waals surface area contributed by atoms with Crippen LogP contribution in [0.4, 0.5) is 5.69 Å². The molecule has 23 heavy (non-hydrogen) atoms. The van der Waals surface area contributed by atoms with E-state index in [1.54, 1.807) is 7.11 Å². The molecule has 0 saturated carbocycles. The topological polar surface area (TPSA) is 39.1 Å². The van der Waals surface area contributed by atoms with E-state index in [0.717, 1.165) is 46.0 Å². The molecule has 0 aliphatic heterocycles. The van der Waals surface area contributed by atoms with E-state index in [-0.39, 0.29) is 0 Å². The third-order valence-electron chi connectivity index (χ3n) is 3.99. The number of fused-ring (bicyclic) bond motifs is 1. The van der Waals surface area contributed by atoms with Crippen LogP contribution in [0.1, 0.15) is 13.3 Å². The first-order valence-electron chi connectivity index (χ1n) is 7.69. The summed E-state index contributed by atoms with van der Waals surface area (Å²) in [4.78, 5) is 4.76. The van der Waals surface area contributed by atoms with E-state index in [9.17, 15) is 0 Å². The first kappa shape index (κ1) is 15.2. The van der Waals surface area contributed by atoms with Gasteiger partial charge in [0.15, 0.2) is 5.75 Å². The number of ether oxygens (including phenoxy) is 1. The fourth-order valence-electron chi connectivity index (χ4n) is 2.70. The standard InChI is InChI=1S/C19H21N3O/c1-5-13(2)20-16-11-8-9-14(18(16)23-4)19-21-15-10-6-7-12-17(15)22(19)3/h6-12,20H,2,5H2,1,3-4H3. The van der Waals surface area contributed by atoms with E-state index in [0.29, 0.717) is 0 Å². The zero-order valence-corrected chi connectivity index (χ0v) is 13.8. The minimum absolute atomic E-state index is 0.778. The molecule has 1 N–H and O–H groups in total.